The molecular formula is C19H19N5O2. The number of aliphatic hydroxyl groups excluding tert-OH is 1. The summed E-state index contributed by atoms with van der Waals surface area (Å²) in [5.74, 6) is 0.809. The van der Waals surface area contributed by atoms with Crippen LogP contribution in [0, 0.1) is 0 Å². The smallest absolute Gasteiger partial charge is 0.246 e. The minimum absolute atomic E-state index is 0.0468. The average Bonchev–Trinajstić information content (AvgIpc) is 2.72. The molecule has 26 heavy (non-hydrogen) atoms. The number of hydrogen-bond donors (Lipinski definition) is 2. The first-order chi connectivity index (χ1) is 12.7. The molecular weight excluding hydrogens is 330 g/mol. The zero-order chi connectivity index (χ0) is 18.4. The van der Waals surface area contributed by atoms with E-state index in [4.69, 9.17) is 0 Å². The van der Waals surface area contributed by atoms with E-state index in [1.54, 1.807) is 42.7 Å². The van der Waals surface area contributed by atoms with Gasteiger partial charge in [-0.2, -0.15) is 0 Å². The van der Waals surface area contributed by atoms with Crippen LogP contribution in [0.2, 0.25) is 0 Å². The summed E-state index contributed by atoms with van der Waals surface area (Å²) < 4.78 is 0. The lowest BCUT2D eigenvalue weighted by Crippen LogP contribution is -2.32. The SMILES string of the molecule is CN(C(=O)CNc1nc(-c2ccncc2)ncc1CO)c1ccccc1. The molecule has 7 nitrogen and oxygen atoms in total. The van der Waals surface area contributed by atoms with Crippen LogP contribution in [-0.4, -0.2) is 39.6 Å². The van der Waals surface area contributed by atoms with Gasteiger partial charge in [-0.1, -0.05) is 18.2 Å². The Morgan fingerprint density at radius 1 is 1.15 bits per heavy atom. The monoisotopic (exact) mass is 349 g/mol. The highest BCUT2D eigenvalue weighted by molar-refractivity contribution is 5.95. The van der Waals surface area contributed by atoms with Gasteiger partial charge in [0.25, 0.3) is 0 Å². The third-order valence-electron chi connectivity index (χ3n) is 3.90. The van der Waals surface area contributed by atoms with Crippen molar-refractivity contribution in [3.63, 3.8) is 0 Å². The third kappa shape index (κ3) is 4.01. The summed E-state index contributed by atoms with van der Waals surface area (Å²) in [5, 5.41) is 12.5. The van der Waals surface area contributed by atoms with Crippen molar-refractivity contribution in [2.75, 3.05) is 23.8 Å². The van der Waals surface area contributed by atoms with E-state index in [1.165, 1.54) is 0 Å². The lowest BCUT2D eigenvalue weighted by Gasteiger charge is -2.18. The van der Waals surface area contributed by atoms with Gasteiger partial charge in [0, 0.05) is 42.5 Å². The molecule has 0 radical (unpaired) electrons. The fraction of sp³-hybridized carbons (Fsp3) is 0.158. The van der Waals surface area contributed by atoms with Crippen LogP contribution in [0.15, 0.2) is 61.1 Å². The lowest BCUT2D eigenvalue weighted by molar-refractivity contribution is -0.116. The summed E-state index contributed by atoms with van der Waals surface area (Å²) in [6.45, 7) is -0.174. The maximum Gasteiger partial charge on any atom is 0.246 e. The van der Waals surface area contributed by atoms with Crippen molar-refractivity contribution in [2.24, 2.45) is 0 Å². The summed E-state index contributed by atoms with van der Waals surface area (Å²) in [6, 6.07) is 13.0. The van der Waals surface area contributed by atoms with Gasteiger partial charge in [-0.3, -0.25) is 9.78 Å². The van der Waals surface area contributed by atoms with E-state index in [0.29, 0.717) is 17.2 Å². The van der Waals surface area contributed by atoms with E-state index in [-0.39, 0.29) is 19.1 Å². The Morgan fingerprint density at radius 2 is 1.88 bits per heavy atom. The quantitative estimate of drug-likeness (QED) is 0.708. The molecule has 1 aromatic carbocycles. The van der Waals surface area contributed by atoms with E-state index in [1.807, 2.05) is 30.3 Å². The second kappa shape index (κ2) is 8.17. The zero-order valence-electron chi connectivity index (χ0n) is 14.3. The van der Waals surface area contributed by atoms with Crippen LogP contribution < -0.4 is 10.2 Å². The van der Waals surface area contributed by atoms with Crippen molar-refractivity contribution in [2.45, 2.75) is 6.61 Å². The van der Waals surface area contributed by atoms with Gasteiger partial charge in [-0.25, -0.2) is 9.97 Å². The number of rotatable bonds is 6. The van der Waals surface area contributed by atoms with E-state index in [0.717, 1.165) is 11.3 Å². The van der Waals surface area contributed by atoms with Crippen LogP contribution in [0.5, 0.6) is 0 Å². The Morgan fingerprint density at radius 3 is 2.58 bits per heavy atom. The number of carbonyl (C=O) groups excluding carboxylic acids is 1. The van der Waals surface area contributed by atoms with Gasteiger partial charge >= 0.3 is 0 Å². The highest BCUT2D eigenvalue weighted by atomic mass is 16.3. The van der Waals surface area contributed by atoms with E-state index in [9.17, 15) is 9.90 Å². The summed E-state index contributed by atoms with van der Waals surface area (Å²) in [5.41, 5.74) is 2.14. The van der Waals surface area contributed by atoms with E-state index >= 15 is 0 Å². The fourth-order valence-corrected chi connectivity index (χ4v) is 2.39. The molecule has 0 aliphatic heterocycles. The molecule has 0 atom stereocenters. The number of anilines is 2. The van der Waals surface area contributed by atoms with Crippen LogP contribution in [-0.2, 0) is 11.4 Å². The molecule has 0 bridgehead atoms. The predicted molar refractivity (Wildman–Crippen MR) is 99.5 cm³/mol. The molecule has 3 aromatic rings. The Bertz CT molecular complexity index is 872. The number of carbonyl (C=O) groups is 1. The molecule has 132 valence electrons. The highest BCUT2D eigenvalue weighted by Gasteiger charge is 2.13. The zero-order valence-corrected chi connectivity index (χ0v) is 14.3. The van der Waals surface area contributed by atoms with Crippen molar-refractivity contribution in [1.82, 2.24) is 15.0 Å². The number of hydrogen-bond acceptors (Lipinski definition) is 6. The summed E-state index contributed by atoms with van der Waals surface area (Å²) in [7, 11) is 1.72. The van der Waals surface area contributed by atoms with Crippen molar-refractivity contribution in [3.05, 3.63) is 66.6 Å². The van der Waals surface area contributed by atoms with Crippen molar-refractivity contribution < 1.29 is 9.90 Å². The first kappa shape index (κ1) is 17.5. The number of nitrogens with one attached hydrogen (secondary N) is 1. The number of amides is 1. The van der Waals surface area contributed by atoms with Crippen molar-refractivity contribution in [3.8, 4) is 11.4 Å². The summed E-state index contributed by atoms with van der Waals surface area (Å²) >= 11 is 0. The van der Waals surface area contributed by atoms with Gasteiger partial charge in [-0.15, -0.1) is 0 Å². The van der Waals surface area contributed by atoms with Crippen LogP contribution in [0.4, 0.5) is 11.5 Å². The molecule has 1 amide bonds. The Labute approximate surface area is 151 Å². The average molecular weight is 349 g/mol. The highest BCUT2D eigenvalue weighted by Crippen LogP contribution is 2.19. The number of benzene rings is 1. The topological polar surface area (TPSA) is 91.2 Å². The number of para-hydroxylation sites is 1. The maximum absolute atomic E-state index is 12.4. The standard InChI is InChI=1S/C19H19N5O2/c1-24(16-5-3-2-4-6-16)17(26)12-22-19-15(13-25)11-21-18(23-19)14-7-9-20-10-8-14/h2-11,25H,12-13H2,1H3,(H,21,22,23). The number of nitrogens with zero attached hydrogens (tertiary/aromatic N) is 4. The Balaban J connectivity index is 1.75. The number of likely N-dealkylation sites (N-methyl/N-ethyl adjacent to an activating group) is 1. The number of pyridine rings is 1. The molecule has 0 unspecified atom stereocenters. The predicted octanol–water partition coefficient (Wildman–Crippen LogP) is 2.11. The second-order valence-electron chi connectivity index (χ2n) is 5.60. The van der Waals surface area contributed by atoms with E-state index in [2.05, 4.69) is 20.3 Å². The van der Waals surface area contributed by atoms with Gasteiger partial charge in [0.05, 0.1) is 13.2 Å². The molecule has 0 aliphatic rings. The summed E-state index contributed by atoms with van der Waals surface area (Å²) in [6.07, 6.45) is 4.87. The molecule has 0 saturated heterocycles. The molecule has 7 heteroatoms. The van der Waals surface area contributed by atoms with Gasteiger partial charge in [0.2, 0.25) is 5.91 Å². The van der Waals surface area contributed by atoms with Gasteiger partial charge in [0.1, 0.15) is 5.82 Å². The number of aromatic nitrogens is 3. The maximum atomic E-state index is 12.4. The lowest BCUT2D eigenvalue weighted by atomic mass is 10.2. The minimum atomic E-state index is -0.221. The first-order valence-electron chi connectivity index (χ1n) is 8.11. The molecule has 2 heterocycles. The van der Waals surface area contributed by atoms with Gasteiger partial charge in [-0.05, 0) is 24.3 Å². The minimum Gasteiger partial charge on any atom is -0.391 e. The summed E-state index contributed by atoms with van der Waals surface area (Å²) in [4.78, 5) is 26.7. The normalized spacial score (nSPS) is 10.4. The van der Waals surface area contributed by atoms with Crippen molar-refractivity contribution >= 4 is 17.4 Å². The molecule has 0 fully saturated rings. The molecule has 2 N–H and O–H groups in total. The molecule has 0 spiro atoms. The van der Waals surface area contributed by atoms with Crippen LogP contribution >= 0.6 is 0 Å². The van der Waals surface area contributed by atoms with Gasteiger partial charge in [0.15, 0.2) is 5.82 Å². The van der Waals surface area contributed by atoms with Gasteiger partial charge < -0.3 is 15.3 Å². The van der Waals surface area contributed by atoms with Crippen LogP contribution in [0.3, 0.4) is 0 Å². The Kier molecular flexibility index (Phi) is 5.50. The van der Waals surface area contributed by atoms with Crippen LogP contribution in [0.25, 0.3) is 11.4 Å². The van der Waals surface area contributed by atoms with E-state index < -0.39 is 0 Å². The third-order valence-corrected chi connectivity index (χ3v) is 3.90. The first-order valence-corrected chi connectivity index (χ1v) is 8.11. The Hall–Kier alpha value is -3.32. The largest absolute Gasteiger partial charge is 0.391 e. The fourth-order valence-electron chi connectivity index (χ4n) is 2.39. The molecule has 0 saturated carbocycles. The molecule has 2 aromatic heterocycles. The van der Waals surface area contributed by atoms with Crippen molar-refractivity contribution in [1.29, 1.82) is 0 Å². The number of aliphatic hydroxyl groups is 1. The molecule has 3 rings (SSSR count). The van der Waals surface area contributed by atoms with Crippen LogP contribution in [0.1, 0.15) is 5.56 Å². The molecule has 0 aliphatic carbocycles. The second-order valence-corrected chi connectivity index (χ2v) is 5.60.